The quantitative estimate of drug-likeness (QED) is 0.366. The largest absolute Gasteiger partial charge is 0.416 e. The van der Waals surface area contributed by atoms with Crippen LogP contribution >= 0.6 is 0 Å². The van der Waals surface area contributed by atoms with Gasteiger partial charge in [0.1, 0.15) is 17.7 Å². The lowest BCUT2D eigenvalue weighted by atomic mass is 9.99. The number of rotatable bonds is 5. The Morgan fingerprint density at radius 3 is 2.50 bits per heavy atom. The minimum absolute atomic E-state index is 0.102. The summed E-state index contributed by atoms with van der Waals surface area (Å²) in [6.45, 7) is 1.74. The molecule has 0 aliphatic carbocycles. The van der Waals surface area contributed by atoms with Gasteiger partial charge in [-0.2, -0.15) is 18.3 Å². The lowest BCUT2D eigenvalue weighted by Gasteiger charge is -2.11. The Bertz CT molecular complexity index is 1380. The van der Waals surface area contributed by atoms with Gasteiger partial charge in [0.05, 0.1) is 5.56 Å². The molecule has 34 heavy (non-hydrogen) atoms. The van der Waals surface area contributed by atoms with Crippen molar-refractivity contribution in [2.45, 2.75) is 19.5 Å². The van der Waals surface area contributed by atoms with Crippen LogP contribution in [0.5, 0.6) is 0 Å². The summed E-state index contributed by atoms with van der Waals surface area (Å²) in [5.74, 6) is -0.146. The summed E-state index contributed by atoms with van der Waals surface area (Å²) in [7, 11) is 0. The van der Waals surface area contributed by atoms with Crippen LogP contribution in [0.2, 0.25) is 0 Å². The zero-order chi connectivity index (χ0) is 24.5. The number of ketones is 1. The Labute approximate surface area is 190 Å². The van der Waals surface area contributed by atoms with Crippen LogP contribution in [-0.2, 0) is 6.18 Å². The first-order chi connectivity index (χ1) is 16.2. The predicted molar refractivity (Wildman–Crippen MR) is 119 cm³/mol. The van der Waals surface area contributed by atoms with Crippen LogP contribution in [-0.4, -0.2) is 31.4 Å². The van der Waals surface area contributed by atoms with Crippen LogP contribution in [0.4, 0.5) is 35.3 Å². The van der Waals surface area contributed by atoms with Gasteiger partial charge in [-0.05, 0) is 29.8 Å². The standard InChI is InChI=1S/C22H18F3N7O2/c1-2-16(33)15-10-32-19(20(26)28-11-29-32)18(15)12-3-5-14(6-4-12)30-21(34)31-17-9-13(7-8-27-17)22(23,24)25/h3-11H,2H2,1H3,(H2,26,28,29)(H2,27,30,31,34). The molecule has 12 heteroatoms. The van der Waals surface area contributed by atoms with Crippen molar-refractivity contribution in [3.63, 3.8) is 0 Å². The highest BCUT2D eigenvalue weighted by molar-refractivity contribution is 6.08. The number of urea groups is 1. The number of amides is 2. The summed E-state index contributed by atoms with van der Waals surface area (Å²) < 4.78 is 40.0. The third-order valence-corrected chi connectivity index (χ3v) is 4.98. The minimum atomic E-state index is -4.55. The summed E-state index contributed by atoms with van der Waals surface area (Å²) in [5, 5.41) is 8.91. The molecule has 3 aromatic heterocycles. The molecule has 4 N–H and O–H groups in total. The number of anilines is 3. The average molecular weight is 469 g/mol. The molecule has 0 saturated carbocycles. The van der Waals surface area contributed by atoms with E-state index in [-0.39, 0.29) is 23.8 Å². The van der Waals surface area contributed by atoms with Gasteiger partial charge in [-0.1, -0.05) is 19.1 Å². The van der Waals surface area contributed by atoms with Crippen LogP contribution in [0.1, 0.15) is 29.3 Å². The van der Waals surface area contributed by atoms with Gasteiger partial charge < -0.3 is 11.1 Å². The fourth-order valence-electron chi connectivity index (χ4n) is 3.40. The molecular weight excluding hydrogens is 451 g/mol. The number of pyridine rings is 1. The summed E-state index contributed by atoms with van der Waals surface area (Å²) in [4.78, 5) is 32.5. The first-order valence-corrected chi connectivity index (χ1v) is 10.0. The molecule has 9 nitrogen and oxygen atoms in total. The van der Waals surface area contributed by atoms with Crippen molar-refractivity contribution in [2.75, 3.05) is 16.4 Å². The highest BCUT2D eigenvalue weighted by Crippen LogP contribution is 2.34. The van der Waals surface area contributed by atoms with E-state index >= 15 is 0 Å². The Morgan fingerprint density at radius 2 is 1.82 bits per heavy atom. The lowest BCUT2D eigenvalue weighted by Crippen LogP contribution is -2.20. The van der Waals surface area contributed by atoms with Crippen LogP contribution in [0, 0.1) is 0 Å². The number of nitrogens with two attached hydrogens (primary N) is 1. The highest BCUT2D eigenvalue weighted by atomic mass is 19.4. The summed E-state index contributed by atoms with van der Waals surface area (Å²) >= 11 is 0. The van der Waals surface area contributed by atoms with Crippen LogP contribution in [0.3, 0.4) is 0 Å². The zero-order valence-corrected chi connectivity index (χ0v) is 17.7. The van der Waals surface area contributed by atoms with E-state index < -0.39 is 17.8 Å². The molecule has 0 unspecified atom stereocenters. The maximum Gasteiger partial charge on any atom is 0.416 e. The molecule has 174 valence electrons. The van der Waals surface area contributed by atoms with Crippen molar-refractivity contribution in [3.8, 4) is 11.1 Å². The smallest absolute Gasteiger partial charge is 0.382 e. The van der Waals surface area contributed by atoms with Gasteiger partial charge in [0.25, 0.3) is 0 Å². The van der Waals surface area contributed by atoms with Crippen molar-refractivity contribution < 1.29 is 22.8 Å². The second-order valence-electron chi connectivity index (χ2n) is 7.22. The molecular formula is C22H18F3N7O2. The Kier molecular flexibility index (Phi) is 5.88. The van der Waals surface area contributed by atoms with Crippen molar-refractivity contribution in [2.24, 2.45) is 0 Å². The fourth-order valence-corrected chi connectivity index (χ4v) is 3.40. The zero-order valence-electron chi connectivity index (χ0n) is 17.7. The second kappa shape index (κ2) is 8.81. The van der Waals surface area contributed by atoms with E-state index in [1.807, 2.05) is 0 Å². The highest BCUT2D eigenvalue weighted by Gasteiger charge is 2.30. The molecule has 0 spiro atoms. The normalized spacial score (nSPS) is 11.4. The summed E-state index contributed by atoms with van der Waals surface area (Å²) in [5.41, 5.74) is 7.59. The maximum absolute atomic E-state index is 12.8. The number of hydrogen-bond donors (Lipinski definition) is 3. The number of aromatic nitrogens is 4. The van der Waals surface area contributed by atoms with Gasteiger partial charge in [0.2, 0.25) is 0 Å². The van der Waals surface area contributed by atoms with E-state index in [0.29, 0.717) is 27.9 Å². The summed E-state index contributed by atoms with van der Waals surface area (Å²) in [6.07, 6.45) is -0.435. The number of carbonyl (C=O) groups is 2. The average Bonchev–Trinajstić information content (AvgIpc) is 3.19. The third-order valence-electron chi connectivity index (χ3n) is 4.98. The van der Waals surface area contributed by atoms with E-state index in [1.165, 1.54) is 10.8 Å². The molecule has 1 aromatic carbocycles. The number of alkyl halides is 3. The van der Waals surface area contributed by atoms with Crippen molar-refractivity contribution in [1.82, 2.24) is 19.6 Å². The number of halogens is 3. The van der Waals surface area contributed by atoms with Gasteiger partial charge in [-0.3, -0.25) is 10.1 Å². The molecule has 4 rings (SSSR count). The number of hydrogen-bond acceptors (Lipinski definition) is 6. The number of Topliss-reactive ketones (excluding diaryl/α,β-unsaturated/α-hetero) is 1. The number of nitrogens with one attached hydrogen (secondary N) is 2. The first-order valence-electron chi connectivity index (χ1n) is 10.0. The topological polar surface area (TPSA) is 127 Å². The molecule has 0 saturated heterocycles. The SMILES string of the molecule is CCC(=O)c1cn2ncnc(N)c2c1-c1ccc(NC(=O)Nc2cc(C(F)(F)F)ccn2)cc1. The number of carbonyl (C=O) groups excluding carboxylic acids is 2. The molecule has 0 aliphatic rings. The number of benzene rings is 1. The monoisotopic (exact) mass is 469 g/mol. The maximum atomic E-state index is 12.8. The van der Waals surface area contributed by atoms with Gasteiger partial charge in [-0.15, -0.1) is 0 Å². The van der Waals surface area contributed by atoms with Gasteiger partial charge in [0.15, 0.2) is 11.6 Å². The lowest BCUT2D eigenvalue weighted by molar-refractivity contribution is -0.137. The molecule has 0 aliphatic heterocycles. The third kappa shape index (κ3) is 4.51. The Morgan fingerprint density at radius 1 is 1.09 bits per heavy atom. The molecule has 3 heterocycles. The van der Waals surface area contributed by atoms with E-state index in [2.05, 4.69) is 25.7 Å². The predicted octanol–water partition coefficient (Wildman–Crippen LogP) is 4.63. The van der Waals surface area contributed by atoms with Crippen LogP contribution in [0.15, 0.2) is 55.1 Å². The fraction of sp³-hybridized carbons (Fsp3) is 0.136. The van der Waals surface area contributed by atoms with E-state index in [4.69, 9.17) is 5.73 Å². The second-order valence-corrected chi connectivity index (χ2v) is 7.22. The Hall–Kier alpha value is -4.48. The van der Waals surface area contributed by atoms with Crippen LogP contribution < -0.4 is 16.4 Å². The molecule has 0 fully saturated rings. The number of nitrogen functional groups attached to an aromatic ring is 1. The van der Waals surface area contributed by atoms with Gasteiger partial charge in [-0.25, -0.2) is 19.3 Å². The van der Waals surface area contributed by atoms with Gasteiger partial charge in [0, 0.05) is 35.6 Å². The van der Waals surface area contributed by atoms with Gasteiger partial charge >= 0.3 is 12.2 Å². The minimum Gasteiger partial charge on any atom is -0.382 e. The first kappa shape index (κ1) is 22.7. The number of nitrogens with zero attached hydrogens (tertiary/aromatic N) is 4. The molecule has 0 radical (unpaired) electrons. The van der Waals surface area contributed by atoms with Crippen molar-refractivity contribution in [3.05, 3.63) is 66.2 Å². The number of fused-ring (bicyclic) bond motifs is 1. The van der Waals surface area contributed by atoms with Crippen molar-refractivity contribution >= 4 is 34.7 Å². The van der Waals surface area contributed by atoms with Crippen molar-refractivity contribution in [1.29, 1.82) is 0 Å². The molecule has 2 amide bonds. The van der Waals surface area contributed by atoms with E-state index in [0.717, 1.165) is 18.3 Å². The van der Waals surface area contributed by atoms with E-state index in [9.17, 15) is 22.8 Å². The van der Waals surface area contributed by atoms with E-state index in [1.54, 1.807) is 37.4 Å². The Balaban J connectivity index is 1.57. The summed E-state index contributed by atoms with van der Waals surface area (Å²) in [6, 6.07) is 7.28. The molecule has 0 atom stereocenters. The van der Waals surface area contributed by atoms with Crippen LogP contribution in [0.25, 0.3) is 16.6 Å². The molecule has 0 bridgehead atoms. The molecule has 4 aromatic rings.